The molecule has 0 radical (unpaired) electrons. The molecule has 1 N–H and O–H groups in total. The van der Waals surface area contributed by atoms with Gasteiger partial charge in [0, 0.05) is 20.1 Å². The summed E-state index contributed by atoms with van der Waals surface area (Å²) in [7, 11) is 1.85. The van der Waals surface area contributed by atoms with Gasteiger partial charge in [0.1, 0.15) is 0 Å². The SMILES string of the molecule is CCc1ccc(CN(C)C(=O)CN2CCC(C)C(O)C2)cc1. The maximum Gasteiger partial charge on any atom is 0.236 e. The highest BCUT2D eigenvalue weighted by molar-refractivity contribution is 5.78. The third-order valence-electron chi connectivity index (χ3n) is 4.64. The summed E-state index contributed by atoms with van der Waals surface area (Å²) in [4.78, 5) is 16.2. The van der Waals surface area contributed by atoms with E-state index in [1.165, 1.54) is 5.56 Å². The van der Waals surface area contributed by atoms with Gasteiger partial charge in [0.15, 0.2) is 0 Å². The average molecular weight is 304 g/mol. The highest BCUT2D eigenvalue weighted by Gasteiger charge is 2.26. The van der Waals surface area contributed by atoms with Crippen LogP contribution in [0.2, 0.25) is 0 Å². The molecule has 1 saturated heterocycles. The van der Waals surface area contributed by atoms with E-state index in [-0.39, 0.29) is 12.0 Å². The van der Waals surface area contributed by atoms with Crippen LogP contribution in [0.5, 0.6) is 0 Å². The smallest absolute Gasteiger partial charge is 0.236 e. The van der Waals surface area contributed by atoms with Gasteiger partial charge in [-0.1, -0.05) is 38.1 Å². The Morgan fingerprint density at radius 1 is 1.32 bits per heavy atom. The summed E-state index contributed by atoms with van der Waals surface area (Å²) in [5.41, 5.74) is 2.47. The number of carbonyl (C=O) groups is 1. The lowest BCUT2D eigenvalue weighted by atomic mass is 9.96. The van der Waals surface area contributed by atoms with Gasteiger partial charge in [0.2, 0.25) is 5.91 Å². The zero-order chi connectivity index (χ0) is 16.1. The molecule has 1 aliphatic heterocycles. The summed E-state index contributed by atoms with van der Waals surface area (Å²) < 4.78 is 0. The van der Waals surface area contributed by atoms with Crippen molar-refractivity contribution in [1.82, 2.24) is 9.80 Å². The number of nitrogens with zero attached hydrogens (tertiary/aromatic N) is 2. The highest BCUT2D eigenvalue weighted by atomic mass is 16.3. The number of hydrogen-bond acceptors (Lipinski definition) is 3. The van der Waals surface area contributed by atoms with Crippen molar-refractivity contribution in [2.45, 2.75) is 39.3 Å². The average Bonchev–Trinajstić information content (AvgIpc) is 2.51. The quantitative estimate of drug-likeness (QED) is 0.904. The van der Waals surface area contributed by atoms with E-state index in [4.69, 9.17) is 0 Å². The van der Waals surface area contributed by atoms with Crippen LogP contribution >= 0.6 is 0 Å². The van der Waals surface area contributed by atoms with Crippen molar-refractivity contribution >= 4 is 5.91 Å². The van der Waals surface area contributed by atoms with E-state index in [0.717, 1.165) is 24.9 Å². The molecule has 0 saturated carbocycles. The molecule has 4 heteroatoms. The number of likely N-dealkylation sites (N-methyl/N-ethyl adjacent to an activating group) is 1. The van der Waals surface area contributed by atoms with Crippen molar-refractivity contribution in [3.05, 3.63) is 35.4 Å². The van der Waals surface area contributed by atoms with E-state index in [2.05, 4.69) is 43.0 Å². The van der Waals surface area contributed by atoms with Crippen LogP contribution in [0.15, 0.2) is 24.3 Å². The lowest BCUT2D eigenvalue weighted by molar-refractivity contribution is -0.132. The Labute approximate surface area is 133 Å². The molecule has 1 aliphatic rings. The Balaban J connectivity index is 1.83. The van der Waals surface area contributed by atoms with Crippen LogP contribution in [0.25, 0.3) is 0 Å². The molecule has 2 atom stereocenters. The molecule has 1 heterocycles. The number of likely N-dealkylation sites (tertiary alicyclic amines) is 1. The first-order chi connectivity index (χ1) is 10.5. The summed E-state index contributed by atoms with van der Waals surface area (Å²) in [6, 6.07) is 8.43. The molecule has 4 nitrogen and oxygen atoms in total. The summed E-state index contributed by atoms with van der Waals surface area (Å²) >= 11 is 0. The highest BCUT2D eigenvalue weighted by Crippen LogP contribution is 2.17. The number of aryl methyl sites for hydroxylation is 1. The van der Waals surface area contributed by atoms with E-state index < -0.39 is 0 Å². The summed E-state index contributed by atoms with van der Waals surface area (Å²) in [6.07, 6.45) is 1.68. The number of benzene rings is 1. The molecule has 1 aromatic rings. The largest absolute Gasteiger partial charge is 0.392 e. The minimum Gasteiger partial charge on any atom is -0.392 e. The van der Waals surface area contributed by atoms with Gasteiger partial charge in [-0.2, -0.15) is 0 Å². The zero-order valence-corrected chi connectivity index (χ0v) is 14.0. The molecule has 0 aliphatic carbocycles. The van der Waals surface area contributed by atoms with Crippen molar-refractivity contribution in [2.75, 3.05) is 26.7 Å². The topological polar surface area (TPSA) is 43.8 Å². The number of rotatable bonds is 5. The van der Waals surface area contributed by atoms with Gasteiger partial charge in [-0.3, -0.25) is 9.69 Å². The van der Waals surface area contributed by atoms with Crippen molar-refractivity contribution in [2.24, 2.45) is 5.92 Å². The van der Waals surface area contributed by atoms with Crippen LogP contribution < -0.4 is 0 Å². The predicted molar refractivity (Wildman–Crippen MR) is 88.5 cm³/mol. The van der Waals surface area contributed by atoms with Crippen LogP contribution in [0.4, 0.5) is 0 Å². The maximum atomic E-state index is 12.3. The number of aliphatic hydroxyl groups is 1. The molecule has 0 bridgehead atoms. The second-order valence-corrected chi connectivity index (χ2v) is 6.49. The fourth-order valence-corrected chi connectivity index (χ4v) is 2.81. The number of piperidine rings is 1. The third-order valence-corrected chi connectivity index (χ3v) is 4.64. The molecule has 0 spiro atoms. The van der Waals surface area contributed by atoms with E-state index in [9.17, 15) is 9.90 Å². The lowest BCUT2D eigenvalue weighted by Gasteiger charge is -2.34. The van der Waals surface area contributed by atoms with Gasteiger partial charge in [-0.05, 0) is 36.4 Å². The fourth-order valence-electron chi connectivity index (χ4n) is 2.81. The van der Waals surface area contributed by atoms with E-state index in [0.29, 0.717) is 25.6 Å². The predicted octanol–water partition coefficient (Wildman–Crippen LogP) is 1.91. The van der Waals surface area contributed by atoms with Gasteiger partial charge in [-0.25, -0.2) is 0 Å². The molecule has 1 fully saturated rings. The van der Waals surface area contributed by atoms with Crippen molar-refractivity contribution in [1.29, 1.82) is 0 Å². The van der Waals surface area contributed by atoms with Crippen LogP contribution in [0.3, 0.4) is 0 Å². The second kappa shape index (κ2) is 7.75. The standard InChI is InChI=1S/C18H28N2O2/c1-4-15-5-7-16(8-6-15)11-19(3)18(22)13-20-10-9-14(2)17(21)12-20/h5-8,14,17,21H,4,9-13H2,1-3H3. The molecular weight excluding hydrogens is 276 g/mol. The maximum absolute atomic E-state index is 12.3. The molecular formula is C18H28N2O2. The molecule has 1 amide bonds. The first kappa shape index (κ1) is 17.0. The Kier molecular flexibility index (Phi) is 5.98. The van der Waals surface area contributed by atoms with Gasteiger partial charge < -0.3 is 10.0 Å². The Hall–Kier alpha value is -1.39. The summed E-state index contributed by atoms with van der Waals surface area (Å²) in [5.74, 6) is 0.447. The van der Waals surface area contributed by atoms with E-state index in [1.807, 2.05) is 7.05 Å². The first-order valence-electron chi connectivity index (χ1n) is 8.21. The van der Waals surface area contributed by atoms with Crippen molar-refractivity contribution < 1.29 is 9.90 Å². The number of carbonyl (C=O) groups excluding carboxylic acids is 1. The van der Waals surface area contributed by atoms with Gasteiger partial charge in [0.25, 0.3) is 0 Å². The Bertz CT molecular complexity index is 486. The normalized spacial score (nSPS) is 22.5. The van der Waals surface area contributed by atoms with Gasteiger partial charge in [0.05, 0.1) is 12.6 Å². The monoisotopic (exact) mass is 304 g/mol. The van der Waals surface area contributed by atoms with Crippen LogP contribution in [0.1, 0.15) is 31.4 Å². The second-order valence-electron chi connectivity index (χ2n) is 6.49. The Morgan fingerprint density at radius 2 is 1.95 bits per heavy atom. The van der Waals surface area contributed by atoms with E-state index in [1.54, 1.807) is 4.90 Å². The molecule has 2 unspecified atom stereocenters. The summed E-state index contributed by atoms with van der Waals surface area (Å²) in [6.45, 7) is 6.73. The molecule has 1 aromatic carbocycles. The van der Waals surface area contributed by atoms with Crippen molar-refractivity contribution in [3.63, 3.8) is 0 Å². The van der Waals surface area contributed by atoms with Crippen LogP contribution in [0, 0.1) is 5.92 Å². The molecule has 2 rings (SSSR count). The number of β-amino-alcohol motifs (C(OH)–C–C–N with tert-alkyl or cyclic N) is 1. The first-order valence-corrected chi connectivity index (χ1v) is 8.21. The fraction of sp³-hybridized carbons (Fsp3) is 0.611. The number of hydrogen-bond donors (Lipinski definition) is 1. The summed E-state index contributed by atoms with van der Waals surface area (Å²) in [5, 5.41) is 9.92. The number of amides is 1. The number of aliphatic hydroxyl groups excluding tert-OH is 1. The molecule has 122 valence electrons. The third kappa shape index (κ3) is 4.55. The minimum atomic E-state index is -0.312. The Morgan fingerprint density at radius 3 is 2.55 bits per heavy atom. The van der Waals surface area contributed by atoms with Gasteiger partial charge in [-0.15, -0.1) is 0 Å². The zero-order valence-electron chi connectivity index (χ0n) is 14.0. The van der Waals surface area contributed by atoms with Gasteiger partial charge >= 0.3 is 0 Å². The molecule has 0 aromatic heterocycles. The van der Waals surface area contributed by atoms with Crippen molar-refractivity contribution in [3.8, 4) is 0 Å². The van der Waals surface area contributed by atoms with E-state index >= 15 is 0 Å². The molecule has 22 heavy (non-hydrogen) atoms. The minimum absolute atomic E-state index is 0.112. The lowest BCUT2D eigenvalue weighted by Crippen LogP contribution is -2.47. The van der Waals surface area contributed by atoms with Crippen LogP contribution in [-0.2, 0) is 17.8 Å². The van der Waals surface area contributed by atoms with Crippen LogP contribution in [-0.4, -0.2) is 53.6 Å².